The number of non-ortho nitro benzene ring substituents is 1. The molecule has 0 radical (unpaired) electrons. The Morgan fingerprint density at radius 2 is 2.32 bits per heavy atom. The van der Waals surface area contributed by atoms with Gasteiger partial charge in [-0.05, 0) is 12.6 Å². The largest absolute Gasteiger partial charge is 0.482 e. The van der Waals surface area contributed by atoms with Crippen LogP contribution >= 0.6 is 0 Å². The lowest BCUT2D eigenvalue weighted by Gasteiger charge is -2.29. The van der Waals surface area contributed by atoms with Gasteiger partial charge in [0, 0.05) is 25.2 Å². The molecule has 0 aliphatic carbocycles. The van der Waals surface area contributed by atoms with Gasteiger partial charge in [0.05, 0.1) is 10.6 Å². The molecule has 7 nitrogen and oxygen atoms in total. The molecule has 1 aromatic rings. The van der Waals surface area contributed by atoms with Crippen molar-refractivity contribution in [3.05, 3.63) is 28.3 Å². The van der Waals surface area contributed by atoms with Crippen LogP contribution in [0.2, 0.25) is 0 Å². The van der Waals surface area contributed by atoms with E-state index in [2.05, 4.69) is 5.32 Å². The molecule has 1 N–H and O–H groups in total. The molecule has 0 bridgehead atoms. The number of rotatable bonds is 5. The third-order valence-corrected chi connectivity index (χ3v) is 2.86. The number of nitrogens with zero attached hydrogens (tertiary/aromatic N) is 2. The lowest BCUT2D eigenvalue weighted by molar-refractivity contribution is -0.384. The fraction of sp³-hybridized carbons (Fsp3) is 0.417. The molecule has 1 heterocycles. The number of amides is 1. The number of carbonyl (C=O) groups is 1. The van der Waals surface area contributed by atoms with Crippen LogP contribution in [0.3, 0.4) is 0 Å². The highest BCUT2D eigenvalue weighted by atomic mass is 16.6. The van der Waals surface area contributed by atoms with Gasteiger partial charge >= 0.3 is 0 Å². The number of likely N-dealkylation sites (N-methyl/N-ethyl adjacent to an activating group) is 1. The molecule has 0 aromatic heterocycles. The Kier molecular flexibility index (Phi) is 3.96. The van der Waals surface area contributed by atoms with Crippen molar-refractivity contribution in [1.82, 2.24) is 5.32 Å². The van der Waals surface area contributed by atoms with Crippen molar-refractivity contribution in [1.29, 1.82) is 0 Å². The summed E-state index contributed by atoms with van der Waals surface area (Å²) in [5, 5.41) is 13.9. The number of fused-ring (bicyclic) bond motifs is 1. The Hall–Kier alpha value is -2.15. The number of nitrogens with one attached hydrogen (secondary N) is 1. The quantitative estimate of drug-likeness (QED) is 0.486. The maximum Gasteiger partial charge on any atom is 0.271 e. The van der Waals surface area contributed by atoms with Crippen molar-refractivity contribution < 1.29 is 14.5 Å². The van der Waals surface area contributed by atoms with Crippen LogP contribution in [0.15, 0.2) is 18.2 Å². The van der Waals surface area contributed by atoms with Gasteiger partial charge in [0.1, 0.15) is 5.75 Å². The zero-order valence-corrected chi connectivity index (χ0v) is 10.6. The van der Waals surface area contributed by atoms with Crippen LogP contribution in [-0.4, -0.2) is 37.1 Å². The maximum absolute atomic E-state index is 11.8. The Labute approximate surface area is 110 Å². The second-order valence-corrected chi connectivity index (χ2v) is 4.10. The van der Waals surface area contributed by atoms with Gasteiger partial charge in [-0.25, -0.2) is 0 Å². The van der Waals surface area contributed by atoms with E-state index in [9.17, 15) is 14.9 Å². The molecule has 19 heavy (non-hydrogen) atoms. The van der Waals surface area contributed by atoms with Crippen LogP contribution in [0.5, 0.6) is 5.75 Å². The number of nitro groups is 1. The Morgan fingerprint density at radius 1 is 1.53 bits per heavy atom. The minimum absolute atomic E-state index is 0.0308. The molecule has 1 aliphatic heterocycles. The first-order valence-electron chi connectivity index (χ1n) is 6.05. The SMILES string of the molecule is CCNCCN1C(=O)COc2ccc([N+](=O)[O-])cc21. The predicted molar refractivity (Wildman–Crippen MR) is 69.5 cm³/mol. The third-order valence-electron chi connectivity index (χ3n) is 2.86. The number of benzene rings is 1. The average molecular weight is 265 g/mol. The van der Waals surface area contributed by atoms with Gasteiger partial charge in [0.15, 0.2) is 6.61 Å². The van der Waals surface area contributed by atoms with Gasteiger partial charge in [-0.15, -0.1) is 0 Å². The highest BCUT2D eigenvalue weighted by Gasteiger charge is 2.27. The maximum atomic E-state index is 11.8. The first kappa shape index (κ1) is 13.3. The van der Waals surface area contributed by atoms with Gasteiger partial charge in [-0.2, -0.15) is 0 Å². The van der Waals surface area contributed by atoms with Crippen LogP contribution in [0.25, 0.3) is 0 Å². The fourth-order valence-electron chi connectivity index (χ4n) is 1.92. The summed E-state index contributed by atoms with van der Waals surface area (Å²) in [6.45, 7) is 3.84. The summed E-state index contributed by atoms with van der Waals surface area (Å²) in [5.74, 6) is 0.313. The molecule has 1 aromatic carbocycles. The smallest absolute Gasteiger partial charge is 0.271 e. The van der Waals surface area contributed by atoms with E-state index >= 15 is 0 Å². The Bertz CT molecular complexity index is 504. The van der Waals surface area contributed by atoms with Gasteiger partial charge in [0.2, 0.25) is 0 Å². The summed E-state index contributed by atoms with van der Waals surface area (Å²) in [6.07, 6.45) is 0. The summed E-state index contributed by atoms with van der Waals surface area (Å²) in [7, 11) is 0. The van der Waals surface area contributed by atoms with Crippen LogP contribution < -0.4 is 15.0 Å². The Morgan fingerprint density at radius 3 is 3.00 bits per heavy atom. The van der Waals surface area contributed by atoms with E-state index in [1.165, 1.54) is 23.1 Å². The van der Waals surface area contributed by atoms with Crippen LogP contribution in [0.1, 0.15) is 6.92 Å². The van der Waals surface area contributed by atoms with E-state index in [1.54, 1.807) is 0 Å². The molecule has 0 spiro atoms. The Balaban J connectivity index is 2.27. The van der Waals surface area contributed by atoms with E-state index in [0.29, 0.717) is 24.5 Å². The van der Waals surface area contributed by atoms with Crippen LogP contribution in [0.4, 0.5) is 11.4 Å². The van der Waals surface area contributed by atoms with Crippen molar-refractivity contribution in [3.8, 4) is 5.75 Å². The van der Waals surface area contributed by atoms with Crippen LogP contribution in [0, 0.1) is 10.1 Å². The van der Waals surface area contributed by atoms with Crippen molar-refractivity contribution >= 4 is 17.3 Å². The molecule has 0 saturated heterocycles. The highest BCUT2D eigenvalue weighted by Crippen LogP contribution is 2.34. The summed E-state index contributed by atoms with van der Waals surface area (Å²) >= 11 is 0. The number of nitro benzene ring substituents is 1. The third kappa shape index (κ3) is 2.82. The van der Waals surface area contributed by atoms with E-state index in [0.717, 1.165) is 6.54 Å². The van der Waals surface area contributed by atoms with Crippen molar-refractivity contribution in [3.63, 3.8) is 0 Å². The first-order chi connectivity index (χ1) is 9.13. The molecule has 0 unspecified atom stereocenters. The highest BCUT2D eigenvalue weighted by molar-refractivity contribution is 5.98. The lowest BCUT2D eigenvalue weighted by atomic mass is 10.2. The topological polar surface area (TPSA) is 84.7 Å². The summed E-state index contributed by atoms with van der Waals surface area (Å²) < 4.78 is 5.27. The number of hydrogen-bond donors (Lipinski definition) is 1. The zero-order chi connectivity index (χ0) is 13.8. The van der Waals surface area contributed by atoms with Gasteiger partial charge < -0.3 is 15.0 Å². The second-order valence-electron chi connectivity index (χ2n) is 4.10. The molecule has 0 fully saturated rings. The number of anilines is 1. The lowest BCUT2D eigenvalue weighted by Crippen LogP contribution is -2.42. The van der Waals surface area contributed by atoms with E-state index in [4.69, 9.17) is 4.74 Å². The summed E-state index contributed by atoms with van der Waals surface area (Å²) in [6, 6.07) is 4.27. The first-order valence-corrected chi connectivity index (χ1v) is 6.05. The molecule has 7 heteroatoms. The summed E-state index contributed by atoms with van der Waals surface area (Å²) in [5.41, 5.74) is 0.411. The molecule has 1 aliphatic rings. The summed E-state index contributed by atoms with van der Waals surface area (Å²) in [4.78, 5) is 23.7. The molecule has 102 valence electrons. The van der Waals surface area contributed by atoms with Gasteiger partial charge in [-0.1, -0.05) is 6.92 Å². The zero-order valence-electron chi connectivity index (χ0n) is 10.6. The van der Waals surface area contributed by atoms with E-state index in [-0.39, 0.29) is 18.2 Å². The second kappa shape index (κ2) is 5.66. The predicted octanol–water partition coefficient (Wildman–Crippen LogP) is 0.930. The minimum atomic E-state index is -0.484. The molecule has 0 atom stereocenters. The molecule has 0 saturated carbocycles. The van der Waals surface area contributed by atoms with Crippen molar-refractivity contribution in [2.45, 2.75) is 6.92 Å². The van der Waals surface area contributed by atoms with Crippen LogP contribution in [-0.2, 0) is 4.79 Å². The average Bonchev–Trinajstić information content (AvgIpc) is 2.40. The normalized spacial score (nSPS) is 13.9. The van der Waals surface area contributed by atoms with E-state index < -0.39 is 4.92 Å². The van der Waals surface area contributed by atoms with Crippen molar-refractivity contribution in [2.24, 2.45) is 0 Å². The molecular weight excluding hydrogens is 250 g/mol. The fourth-order valence-corrected chi connectivity index (χ4v) is 1.92. The van der Waals surface area contributed by atoms with E-state index in [1.807, 2.05) is 6.92 Å². The van der Waals surface area contributed by atoms with Gasteiger partial charge in [0.25, 0.3) is 11.6 Å². The molecule has 2 rings (SSSR count). The number of hydrogen-bond acceptors (Lipinski definition) is 5. The number of carbonyl (C=O) groups excluding carboxylic acids is 1. The monoisotopic (exact) mass is 265 g/mol. The van der Waals surface area contributed by atoms with Crippen molar-refractivity contribution in [2.75, 3.05) is 31.1 Å². The molecular formula is C12H15N3O4. The van der Waals surface area contributed by atoms with Gasteiger partial charge in [-0.3, -0.25) is 14.9 Å². The molecule has 1 amide bonds. The number of ether oxygens (including phenoxy) is 1. The minimum Gasteiger partial charge on any atom is -0.482 e. The standard InChI is InChI=1S/C12H15N3O4/c1-2-13-5-6-14-10-7-9(15(17)18)3-4-11(10)19-8-12(14)16/h3-4,7,13H,2,5-6,8H2,1H3.